The van der Waals surface area contributed by atoms with Crippen LogP contribution in [0.5, 0.6) is 0 Å². The van der Waals surface area contributed by atoms with E-state index in [2.05, 4.69) is 6.92 Å². The van der Waals surface area contributed by atoms with Gasteiger partial charge < -0.3 is 5.11 Å². The van der Waals surface area contributed by atoms with Crippen molar-refractivity contribution in [2.24, 2.45) is 0 Å². The molecular weight excluding hydrogens is 196 g/mol. The Morgan fingerprint density at radius 2 is 2.14 bits per heavy atom. The minimum absolute atomic E-state index is 0.587. The molecule has 1 fully saturated rings. The minimum atomic E-state index is -0.587. The molecule has 0 atom stereocenters. The van der Waals surface area contributed by atoms with Gasteiger partial charge in [0.05, 0.1) is 5.60 Å². The molecule has 0 unspecified atom stereocenters. The van der Waals surface area contributed by atoms with Crippen LogP contribution < -0.4 is 0 Å². The quantitative estimate of drug-likeness (QED) is 0.795. The van der Waals surface area contributed by atoms with Crippen LogP contribution in [-0.4, -0.2) is 5.11 Å². The van der Waals surface area contributed by atoms with Gasteiger partial charge >= 0.3 is 0 Å². The molecule has 1 aromatic carbocycles. The van der Waals surface area contributed by atoms with E-state index in [0.717, 1.165) is 36.3 Å². The Kier molecular flexibility index (Phi) is 2.54. The largest absolute Gasteiger partial charge is 0.385 e. The average molecular weight is 211 g/mol. The third kappa shape index (κ3) is 1.55. The Hall–Kier alpha value is -0.530. The fourth-order valence-electron chi connectivity index (χ4n) is 2.07. The van der Waals surface area contributed by atoms with Crippen molar-refractivity contribution in [3.63, 3.8) is 0 Å². The molecule has 0 aromatic heterocycles. The van der Waals surface area contributed by atoms with Gasteiger partial charge in [-0.1, -0.05) is 24.6 Å². The number of aryl methyl sites for hydroxylation is 1. The van der Waals surface area contributed by atoms with Crippen molar-refractivity contribution in [3.8, 4) is 0 Å². The maximum absolute atomic E-state index is 10.3. The van der Waals surface area contributed by atoms with Crippen LogP contribution in [-0.2, 0) is 12.0 Å². The molecule has 2 rings (SSSR count). The monoisotopic (exact) mass is 210 g/mol. The zero-order chi connectivity index (χ0) is 10.2. The summed E-state index contributed by atoms with van der Waals surface area (Å²) in [4.78, 5) is 0. The number of halogens is 1. The fourth-order valence-corrected chi connectivity index (χ4v) is 2.24. The summed E-state index contributed by atoms with van der Waals surface area (Å²) >= 11 is 5.95. The molecule has 76 valence electrons. The Balaban J connectivity index is 2.43. The second kappa shape index (κ2) is 3.56. The van der Waals surface area contributed by atoms with E-state index in [4.69, 9.17) is 11.6 Å². The van der Waals surface area contributed by atoms with Crippen LogP contribution in [0.1, 0.15) is 37.3 Å². The Labute approximate surface area is 89.7 Å². The lowest BCUT2D eigenvalue weighted by molar-refractivity contribution is -0.0394. The van der Waals surface area contributed by atoms with E-state index in [0.29, 0.717) is 0 Å². The number of hydrogen-bond acceptors (Lipinski definition) is 1. The molecule has 14 heavy (non-hydrogen) atoms. The van der Waals surface area contributed by atoms with Gasteiger partial charge in [0.15, 0.2) is 0 Å². The van der Waals surface area contributed by atoms with E-state index in [-0.39, 0.29) is 0 Å². The molecule has 1 aromatic rings. The van der Waals surface area contributed by atoms with Crippen LogP contribution >= 0.6 is 11.6 Å². The Bertz CT molecular complexity index is 342. The number of rotatable bonds is 2. The second-order valence-electron chi connectivity index (χ2n) is 4.04. The van der Waals surface area contributed by atoms with Crippen molar-refractivity contribution in [1.82, 2.24) is 0 Å². The normalized spacial score (nSPS) is 19.1. The molecule has 1 N–H and O–H groups in total. The highest BCUT2D eigenvalue weighted by Gasteiger charge is 2.37. The van der Waals surface area contributed by atoms with Crippen LogP contribution in [0, 0.1) is 0 Å². The van der Waals surface area contributed by atoms with E-state index in [1.165, 1.54) is 5.56 Å². The van der Waals surface area contributed by atoms with Gasteiger partial charge in [-0.25, -0.2) is 0 Å². The lowest BCUT2D eigenvalue weighted by Gasteiger charge is -2.38. The summed E-state index contributed by atoms with van der Waals surface area (Å²) in [5.41, 5.74) is 1.67. The predicted octanol–water partition coefficient (Wildman–Crippen LogP) is 3.27. The first-order valence-electron chi connectivity index (χ1n) is 5.17. The third-order valence-electron chi connectivity index (χ3n) is 3.13. The summed E-state index contributed by atoms with van der Waals surface area (Å²) in [6.45, 7) is 2.11. The minimum Gasteiger partial charge on any atom is -0.385 e. The molecule has 1 aliphatic carbocycles. The molecule has 0 bridgehead atoms. The van der Waals surface area contributed by atoms with E-state index >= 15 is 0 Å². The van der Waals surface area contributed by atoms with Crippen LogP contribution in [0.4, 0.5) is 0 Å². The molecule has 0 amide bonds. The van der Waals surface area contributed by atoms with Crippen molar-refractivity contribution >= 4 is 11.6 Å². The zero-order valence-corrected chi connectivity index (χ0v) is 9.14. The van der Waals surface area contributed by atoms with Crippen molar-refractivity contribution in [2.45, 2.75) is 38.2 Å². The second-order valence-corrected chi connectivity index (χ2v) is 4.48. The summed E-state index contributed by atoms with van der Waals surface area (Å²) in [7, 11) is 0. The molecule has 0 heterocycles. The first-order chi connectivity index (χ1) is 6.65. The number of hydrogen-bond donors (Lipinski definition) is 1. The van der Waals surface area contributed by atoms with E-state index in [1.54, 1.807) is 0 Å². The molecular formula is C12H15ClO. The van der Waals surface area contributed by atoms with Crippen LogP contribution in [0.15, 0.2) is 18.2 Å². The summed E-state index contributed by atoms with van der Waals surface area (Å²) in [5.74, 6) is 0. The van der Waals surface area contributed by atoms with Gasteiger partial charge in [-0.2, -0.15) is 0 Å². The number of benzene rings is 1. The predicted molar refractivity (Wildman–Crippen MR) is 58.6 cm³/mol. The topological polar surface area (TPSA) is 20.2 Å². The molecule has 1 nitrogen and oxygen atoms in total. The highest BCUT2D eigenvalue weighted by molar-refractivity contribution is 6.30. The summed E-state index contributed by atoms with van der Waals surface area (Å²) < 4.78 is 0. The van der Waals surface area contributed by atoms with Gasteiger partial charge in [0, 0.05) is 5.02 Å². The standard InChI is InChI=1S/C12H15ClO/c1-2-9-4-5-10(13)8-11(9)12(14)6-3-7-12/h4-5,8,14H,2-3,6-7H2,1H3. The van der Waals surface area contributed by atoms with Crippen LogP contribution in [0.2, 0.25) is 5.02 Å². The highest BCUT2D eigenvalue weighted by Crippen LogP contribution is 2.43. The van der Waals surface area contributed by atoms with Gasteiger partial charge in [0.25, 0.3) is 0 Å². The first kappa shape index (κ1) is 10.0. The van der Waals surface area contributed by atoms with Crippen LogP contribution in [0.25, 0.3) is 0 Å². The number of aliphatic hydroxyl groups is 1. The Morgan fingerprint density at radius 1 is 1.43 bits per heavy atom. The Morgan fingerprint density at radius 3 is 2.64 bits per heavy atom. The summed E-state index contributed by atoms with van der Waals surface area (Å²) in [6.07, 6.45) is 3.82. The van der Waals surface area contributed by atoms with Crippen molar-refractivity contribution < 1.29 is 5.11 Å². The summed E-state index contributed by atoms with van der Waals surface area (Å²) in [5, 5.41) is 11.0. The molecule has 1 aliphatic rings. The zero-order valence-electron chi connectivity index (χ0n) is 8.39. The van der Waals surface area contributed by atoms with E-state index in [1.807, 2.05) is 18.2 Å². The molecule has 2 heteroatoms. The van der Waals surface area contributed by atoms with Crippen molar-refractivity contribution in [3.05, 3.63) is 34.3 Å². The van der Waals surface area contributed by atoms with Crippen molar-refractivity contribution in [2.75, 3.05) is 0 Å². The van der Waals surface area contributed by atoms with Gasteiger partial charge in [-0.05, 0) is 48.9 Å². The lowest BCUT2D eigenvalue weighted by Crippen LogP contribution is -2.34. The van der Waals surface area contributed by atoms with Crippen LogP contribution in [0.3, 0.4) is 0 Å². The van der Waals surface area contributed by atoms with Gasteiger partial charge in [-0.15, -0.1) is 0 Å². The maximum Gasteiger partial charge on any atom is 0.0899 e. The first-order valence-corrected chi connectivity index (χ1v) is 5.55. The van der Waals surface area contributed by atoms with Crippen molar-refractivity contribution in [1.29, 1.82) is 0 Å². The smallest absolute Gasteiger partial charge is 0.0899 e. The van der Waals surface area contributed by atoms with Gasteiger partial charge in [0.2, 0.25) is 0 Å². The molecule has 0 spiro atoms. The molecule has 0 aliphatic heterocycles. The van der Waals surface area contributed by atoms with Gasteiger partial charge in [-0.3, -0.25) is 0 Å². The third-order valence-corrected chi connectivity index (χ3v) is 3.37. The fraction of sp³-hybridized carbons (Fsp3) is 0.500. The molecule has 0 radical (unpaired) electrons. The highest BCUT2D eigenvalue weighted by atomic mass is 35.5. The maximum atomic E-state index is 10.3. The molecule has 1 saturated carbocycles. The van der Waals surface area contributed by atoms with E-state index < -0.39 is 5.60 Å². The SMILES string of the molecule is CCc1ccc(Cl)cc1C1(O)CCC1. The average Bonchev–Trinajstić information content (AvgIpc) is 2.14. The van der Waals surface area contributed by atoms with E-state index in [9.17, 15) is 5.11 Å². The lowest BCUT2D eigenvalue weighted by atomic mass is 9.73. The van der Waals surface area contributed by atoms with Gasteiger partial charge in [0.1, 0.15) is 0 Å². The summed E-state index contributed by atoms with van der Waals surface area (Å²) in [6, 6.07) is 5.83. The molecule has 0 saturated heterocycles.